The van der Waals surface area contributed by atoms with Gasteiger partial charge in [-0.1, -0.05) is 18.2 Å². The van der Waals surface area contributed by atoms with Crippen LogP contribution in [-0.4, -0.2) is 40.2 Å². The standard InChI is InChI=1S/C21H21N3O4/c25-19(22-12-15-6-5-11-28-15)14-24-13-17(16-7-1-2-8-18(16)24)20(26)21(27)23-9-3-4-10-23/h1-2,5-8,11,13H,3-4,9-10,12,14H2,(H,22,25). The fourth-order valence-electron chi connectivity index (χ4n) is 3.55. The number of nitrogens with one attached hydrogen (secondary N) is 1. The summed E-state index contributed by atoms with van der Waals surface area (Å²) in [4.78, 5) is 39.3. The van der Waals surface area contributed by atoms with Crippen molar-refractivity contribution >= 4 is 28.5 Å². The molecule has 28 heavy (non-hydrogen) atoms. The lowest BCUT2D eigenvalue weighted by Gasteiger charge is -2.13. The lowest BCUT2D eigenvalue weighted by molar-refractivity contribution is -0.125. The minimum atomic E-state index is -0.521. The van der Waals surface area contributed by atoms with Gasteiger partial charge in [0.1, 0.15) is 12.3 Å². The van der Waals surface area contributed by atoms with Gasteiger partial charge in [0.05, 0.1) is 18.4 Å². The highest BCUT2D eigenvalue weighted by molar-refractivity contribution is 6.44. The van der Waals surface area contributed by atoms with Crippen molar-refractivity contribution in [3.63, 3.8) is 0 Å². The van der Waals surface area contributed by atoms with Gasteiger partial charge in [-0.25, -0.2) is 0 Å². The van der Waals surface area contributed by atoms with Crippen LogP contribution in [0.15, 0.2) is 53.3 Å². The van der Waals surface area contributed by atoms with Crippen molar-refractivity contribution < 1.29 is 18.8 Å². The molecule has 1 aromatic carbocycles. The molecule has 7 heteroatoms. The molecule has 4 rings (SSSR count). The molecule has 0 bridgehead atoms. The molecule has 0 aliphatic carbocycles. The number of aromatic nitrogens is 1. The summed E-state index contributed by atoms with van der Waals surface area (Å²) < 4.78 is 6.91. The molecule has 1 aliphatic rings. The largest absolute Gasteiger partial charge is 0.467 e. The van der Waals surface area contributed by atoms with Crippen LogP contribution in [0.2, 0.25) is 0 Å². The van der Waals surface area contributed by atoms with E-state index in [2.05, 4.69) is 5.32 Å². The smallest absolute Gasteiger partial charge is 0.295 e. The Morgan fingerprint density at radius 2 is 1.82 bits per heavy atom. The summed E-state index contributed by atoms with van der Waals surface area (Å²) >= 11 is 0. The zero-order chi connectivity index (χ0) is 19.5. The molecule has 1 aliphatic heterocycles. The molecule has 0 saturated carbocycles. The van der Waals surface area contributed by atoms with E-state index in [1.165, 1.54) is 0 Å². The highest BCUT2D eigenvalue weighted by Crippen LogP contribution is 2.23. The monoisotopic (exact) mass is 379 g/mol. The van der Waals surface area contributed by atoms with Crippen molar-refractivity contribution in [1.29, 1.82) is 0 Å². The Kier molecular flexibility index (Phi) is 4.97. The first-order valence-electron chi connectivity index (χ1n) is 9.34. The maximum Gasteiger partial charge on any atom is 0.295 e. The van der Waals surface area contributed by atoms with Crippen LogP contribution < -0.4 is 5.32 Å². The molecule has 2 aromatic heterocycles. The van der Waals surface area contributed by atoms with Gasteiger partial charge in [0.25, 0.3) is 11.7 Å². The number of benzene rings is 1. The van der Waals surface area contributed by atoms with E-state index in [4.69, 9.17) is 4.42 Å². The molecule has 1 N–H and O–H groups in total. The molecule has 0 spiro atoms. The van der Waals surface area contributed by atoms with E-state index in [0.29, 0.717) is 36.3 Å². The van der Waals surface area contributed by atoms with Crippen molar-refractivity contribution in [2.75, 3.05) is 13.1 Å². The summed E-state index contributed by atoms with van der Waals surface area (Å²) in [7, 11) is 0. The van der Waals surface area contributed by atoms with E-state index in [1.807, 2.05) is 18.2 Å². The number of nitrogens with zero attached hydrogens (tertiary/aromatic N) is 2. The molecule has 0 atom stereocenters. The fourth-order valence-corrected chi connectivity index (χ4v) is 3.55. The maximum absolute atomic E-state index is 12.8. The second-order valence-electron chi connectivity index (χ2n) is 6.87. The van der Waals surface area contributed by atoms with Crippen LogP contribution in [0.4, 0.5) is 0 Å². The number of likely N-dealkylation sites (tertiary alicyclic amines) is 1. The summed E-state index contributed by atoms with van der Waals surface area (Å²) in [5, 5.41) is 3.47. The number of hydrogen-bond acceptors (Lipinski definition) is 4. The molecule has 7 nitrogen and oxygen atoms in total. The third kappa shape index (κ3) is 3.55. The highest BCUT2D eigenvalue weighted by Gasteiger charge is 2.28. The molecule has 0 unspecified atom stereocenters. The number of carbonyl (C=O) groups is 3. The molecular weight excluding hydrogens is 358 g/mol. The molecule has 1 fully saturated rings. The minimum absolute atomic E-state index is 0.0480. The Balaban J connectivity index is 1.55. The van der Waals surface area contributed by atoms with Gasteiger partial charge in [0, 0.05) is 30.2 Å². The van der Waals surface area contributed by atoms with Crippen LogP contribution in [0.1, 0.15) is 29.0 Å². The van der Waals surface area contributed by atoms with E-state index >= 15 is 0 Å². The zero-order valence-electron chi connectivity index (χ0n) is 15.4. The van der Waals surface area contributed by atoms with Gasteiger partial charge in [0.2, 0.25) is 5.91 Å². The van der Waals surface area contributed by atoms with Gasteiger partial charge >= 0.3 is 0 Å². The predicted molar refractivity (Wildman–Crippen MR) is 103 cm³/mol. The second kappa shape index (κ2) is 7.72. The SMILES string of the molecule is O=C(Cn1cc(C(=O)C(=O)N2CCCC2)c2ccccc21)NCc1ccco1. The number of rotatable bonds is 6. The number of fused-ring (bicyclic) bond motifs is 1. The van der Waals surface area contributed by atoms with Crippen molar-refractivity contribution in [3.8, 4) is 0 Å². The van der Waals surface area contributed by atoms with Crippen LogP contribution in [0.25, 0.3) is 10.9 Å². The van der Waals surface area contributed by atoms with Crippen molar-refractivity contribution in [2.24, 2.45) is 0 Å². The number of amides is 2. The molecule has 144 valence electrons. The molecular formula is C21H21N3O4. The predicted octanol–water partition coefficient (Wildman–Crippen LogP) is 2.36. The highest BCUT2D eigenvalue weighted by atomic mass is 16.3. The second-order valence-corrected chi connectivity index (χ2v) is 6.87. The summed E-state index contributed by atoms with van der Waals surface area (Å²) in [5.74, 6) is -0.532. The Morgan fingerprint density at radius 1 is 1.04 bits per heavy atom. The van der Waals surface area contributed by atoms with Crippen molar-refractivity contribution in [3.05, 3.63) is 60.2 Å². The zero-order valence-corrected chi connectivity index (χ0v) is 15.4. The number of furan rings is 1. The Bertz CT molecular complexity index is 1010. The molecule has 3 aromatic rings. The van der Waals surface area contributed by atoms with E-state index in [9.17, 15) is 14.4 Å². The molecule has 0 radical (unpaired) electrons. The van der Waals surface area contributed by atoms with Crippen LogP contribution in [0.3, 0.4) is 0 Å². The summed E-state index contributed by atoms with van der Waals surface area (Å²) in [6.45, 7) is 1.59. The third-order valence-corrected chi connectivity index (χ3v) is 4.97. The van der Waals surface area contributed by atoms with Gasteiger partial charge in [-0.2, -0.15) is 0 Å². The topological polar surface area (TPSA) is 84.5 Å². The average Bonchev–Trinajstić information content (AvgIpc) is 3.46. The molecule has 2 amide bonds. The lowest BCUT2D eigenvalue weighted by Crippen LogP contribution is -2.34. The Hall–Kier alpha value is -3.35. The summed E-state index contributed by atoms with van der Waals surface area (Å²) in [6, 6.07) is 10.8. The van der Waals surface area contributed by atoms with E-state index in [0.717, 1.165) is 18.4 Å². The van der Waals surface area contributed by atoms with E-state index in [-0.39, 0.29) is 12.5 Å². The quantitative estimate of drug-likeness (QED) is 0.526. The summed E-state index contributed by atoms with van der Waals surface area (Å²) in [5.41, 5.74) is 1.08. The average molecular weight is 379 g/mol. The first-order valence-corrected chi connectivity index (χ1v) is 9.34. The summed E-state index contributed by atoms with van der Waals surface area (Å²) in [6.07, 6.45) is 5.01. The Morgan fingerprint density at radius 3 is 2.57 bits per heavy atom. The van der Waals surface area contributed by atoms with E-state index < -0.39 is 11.7 Å². The van der Waals surface area contributed by atoms with Crippen LogP contribution in [0.5, 0.6) is 0 Å². The van der Waals surface area contributed by atoms with Gasteiger partial charge < -0.3 is 19.2 Å². The van der Waals surface area contributed by atoms with Gasteiger partial charge in [0.15, 0.2) is 0 Å². The number of ketones is 1. The van der Waals surface area contributed by atoms with Crippen LogP contribution in [0, 0.1) is 0 Å². The number of carbonyl (C=O) groups excluding carboxylic acids is 3. The van der Waals surface area contributed by atoms with Gasteiger partial charge in [-0.3, -0.25) is 14.4 Å². The fraction of sp³-hybridized carbons (Fsp3) is 0.286. The van der Waals surface area contributed by atoms with E-state index in [1.54, 1.807) is 40.1 Å². The minimum Gasteiger partial charge on any atom is -0.467 e. The molecule has 1 saturated heterocycles. The van der Waals surface area contributed by atoms with Gasteiger partial charge in [-0.05, 0) is 31.0 Å². The van der Waals surface area contributed by atoms with Gasteiger partial charge in [-0.15, -0.1) is 0 Å². The molecule has 3 heterocycles. The first-order chi connectivity index (χ1) is 13.6. The first kappa shape index (κ1) is 18.0. The number of hydrogen-bond donors (Lipinski definition) is 1. The third-order valence-electron chi connectivity index (χ3n) is 4.97. The number of Topliss-reactive ketones (excluding diaryl/α,β-unsaturated/α-hetero) is 1. The maximum atomic E-state index is 12.8. The number of para-hydroxylation sites is 1. The van der Waals surface area contributed by atoms with Crippen LogP contribution in [-0.2, 0) is 22.7 Å². The van der Waals surface area contributed by atoms with Crippen molar-refractivity contribution in [1.82, 2.24) is 14.8 Å². The lowest BCUT2D eigenvalue weighted by atomic mass is 10.1. The normalized spacial score (nSPS) is 13.8. The Labute approximate surface area is 161 Å². The van der Waals surface area contributed by atoms with Crippen LogP contribution >= 0.6 is 0 Å². The van der Waals surface area contributed by atoms with Crippen molar-refractivity contribution in [2.45, 2.75) is 25.9 Å².